The lowest BCUT2D eigenvalue weighted by molar-refractivity contribution is 0.0685. The number of amidine groups is 1. The van der Waals surface area contributed by atoms with Gasteiger partial charge in [-0.3, -0.25) is 4.79 Å². The molecule has 1 fully saturated rings. The van der Waals surface area contributed by atoms with Crippen LogP contribution in [0.5, 0.6) is 0 Å². The van der Waals surface area contributed by atoms with Crippen LogP contribution in [0.4, 0.5) is 14.5 Å². The number of fused-ring (bicyclic) bond motifs is 1. The Hall–Kier alpha value is -2.38. The molecule has 2 aromatic rings. The Bertz CT molecular complexity index is 942. The summed E-state index contributed by atoms with van der Waals surface area (Å²) in [5.74, 6) is -1.33. The number of nitrogens with zero attached hydrogens (tertiary/aromatic N) is 2. The predicted molar refractivity (Wildman–Crippen MR) is 107 cm³/mol. The molecule has 2 aliphatic heterocycles. The van der Waals surface area contributed by atoms with Crippen LogP contribution in [0.15, 0.2) is 41.4 Å². The minimum absolute atomic E-state index is 0. The largest absolute Gasteiger partial charge is 0.383 e. The number of nitrogens with two attached hydrogens (primary N) is 1. The first-order valence-corrected chi connectivity index (χ1v) is 8.93. The monoisotopic (exact) mass is 426 g/mol. The molecule has 0 saturated carbocycles. The van der Waals surface area contributed by atoms with Crippen LogP contribution in [0, 0.1) is 11.6 Å². The summed E-state index contributed by atoms with van der Waals surface area (Å²) in [4.78, 5) is 18.8. The molecule has 1 amide bonds. The number of carbonyl (C=O) groups excluding carboxylic acids is 1. The van der Waals surface area contributed by atoms with Crippen molar-refractivity contribution in [2.45, 2.75) is 18.5 Å². The van der Waals surface area contributed by atoms with Gasteiger partial charge in [0.05, 0.1) is 11.3 Å². The first-order valence-electron chi connectivity index (χ1n) is 8.55. The molecule has 0 bridgehead atoms. The molecule has 0 atom stereocenters. The van der Waals surface area contributed by atoms with Gasteiger partial charge in [-0.1, -0.05) is 11.6 Å². The summed E-state index contributed by atoms with van der Waals surface area (Å²) in [6, 6.07) is 8.79. The van der Waals surface area contributed by atoms with Crippen LogP contribution < -0.4 is 11.1 Å². The maximum Gasteiger partial charge on any atom is 0.253 e. The van der Waals surface area contributed by atoms with E-state index in [1.807, 2.05) is 0 Å². The van der Waals surface area contributed by atoms with Crippen molar-refractivity contribution in [3.05, 3.63) is 64.2 Å². The molecule has 3 N–H and O–H groups in total. The summed E-state index contributed by atoms with van der Waals surface area (Å²) in [7, 11) is 0. The molecule has 0 aromatic heterocycles. The van der Waals surface area contributed by atoms with Crippen molar-refractivity contribution in [3.8, 4) is 0 Å². The Balaban J connectivity index is 0.00000225. The van der Waals surface area contributed by atoms with Crippen LogP contribution in [0.1, 0.15) is 28.8 Å². The molecule has 28 heavy (non-hydrogen) atoms. The Labute approximate surface area is 172 Å². The van der Waals surface area contributed by atoms with Crippen LogP contribution in [0.2, 0.25) is 5.02 Å². The number of hydrogen-bond donors (Lipinski definition) is 2. The van der Waals surface area contributed by atoms with Crippen molar-refractivity contribution in [2.75, 3.05) is 18.4 Å². The van der Waals surface area contributed by atoms with Crippen LogP contribution in [-0.2, 0) is 0 Å². The molecule has 2 heterocycles. The molecule has 4 rings (SSSR count). The number of hydrogen-bond acceptors (Lipinski definition) is 4. The normalized spacial score (nSPS) is 17.2. The zero-order valence-electron chi connectivity index (χ0n) is 14.7. The minimum Gasteiger partial charge on any atom is -0.383 e. The number of carbonyl (C=O) groups is 1. The number of nitrogens with one attached hydrogen (secondary N) is 1. The summed E-state index contributed by atoms with van der Waals surface area (Å²) in [5.41, 5.74) is 5.62. The summed E-state index contributed by atoms with van der Waals surface area (Å²) >= 11 is 5.86. The van der Waals surface area contributed by atoms with E-state index in [1.165, 1.54) is 0 Å². The summed E-state index contributed by atoms with van der Waals surface area (Å²) in [6.07, 6.45) is 0.866. The van der Waals surface area contributed by atoms with E-state index in [-0.39, 0.29) is 35.4 Å². The van der Waals surface area contributed by atoms with E-state index in [9.17, 15) is 13.6 Å². The van der Waals surface area contributed by atoms with Gasteiger partial charge in [-0.05, 0) is 36.4 Å². The summed E-state index contributed by atoms with van der Waals surface area (Å²) in [6.45, 7) is 0.828. The first-order chi connectivity index (χ1) is 12.9. The van der Waals surface area contributed by atoms with E-state index in [2.05, 4.69) is 10.3 Å². The van der Waals surface area contributed by atoms with Gasteiger partial charge in [0.25, 0.3) is 5.91 Å². The number of rotatable bonds is 1. The Kier molecular flexibility index (Phi) is 5.50. The molecule has 0 radical (unpaired) electrons. The van der Waals surface area contributed by atoms with Gasteiger partial charge >= 0.3 is 0 Å². The number of halogens is 4. The fourth-order valence-corrected chi connectivity index (χ4v) is 3.69. The standard InChI is InChI=1S/C19H17ClF2N4O.ClH/c20-12-3-1-11(2-4-12)18(27)26-9-7-19(8-10-26)24-16-14(22)6-5-13(21)15(16)17(23)25-19;/h1-6,24H,7-10H2,(H2,23,25);1H. The Morgan fingerprint density at radius 1 is 1.11 bits per heavy atom. The Morgan fingerprint density at radius 2 is 1.71 bits per heavy atom. The molecule has 148 valence electrons. The molecule has 2 aromatic carbocycles. The third kappa shape index (κ3) is 3.52. The van der Waals surface area contributed by atoms with E-state index in [0.29, 0.717) is 36.5 Å². The van der Waals surface area contributed by atoms with Gasteiger partial charge in [-0.25, -0.2) is 13.8 Å². The Morgan fingerprint density at radius 3 is 2.36 bits per heavy atom. The number of anilines is 1. The van der Waals surface area contributed by atoms with Gasteiger partial charge in [-0.2, -0.15) is 0 Å². The second-order valence-corrected chi connectivity index (χ2v) is 7.17. The van der Waals surface area contributed by atoms with Crippen molar-refractivity contribution >= 4 is 41.4 Å². The van der Waals surface area contributed by atoms with Crippen LogP contribution in [0.3, 0.4) is 0 Å². The molecule has 0 unspecified atom stereocenters. The minimum atomic E-state index is -0.845. The SMILES string of the molecule is Cl.NC1=NC2(CCN(C(=O)c3ccc(Cl)cc3)CC2)Nc2c(F)ccc(F)c21. The molecule has 0 aliphatic carbocycles. The topological polar surface area (TPSA) is 70.7 Å². The molecule has 5 nitrogen and oxygen atoms in total. The van der Waals surface area contributed by atoms with Gasteiger partial charge in [-0.15, -0.1) is 12.4 Å². The second-order valence-electron chi connectivity index (χ2n) is 6.73. The quantitative estimate of drug-likeness (QED) is 0.728. The third-order valence-electron chi connectivity index (χ3n) is 5.02. The van der Waals surface area contributed by atoms with Gasteiger partial charge in [0.1, 0.15) is 23.1 Å². The average Bonchev–Trinajstić information content (AvgIpc) is 2.65. The van der Waals surface area contributed by atoms with E-state index in [4.69, 9.17) is 17.3 Å². The number of piperidine rings is 1. The van der Waals surface area contributed by atoms with Crippen LogP contribution in [-0.4, -0.2) is 35.4 Å². The highest BCUT2D eigenvalue weighted by Gasteiger charge is 2.40. The molecule has 2 aliphatic rings. The van der Waals surface area contributed by atoms with E-state index in [1.54, 1.807) is 29.2 Å². The number of amides is 1. The van der Waals surface area contributed by atoms with Crippen LogP contribution in [0.25, 0.3) is 0 Å². The number of aliphatic imine (C=N–C) groups is 1. The zero-order chi connectivity index (χ0) is 19.2. The fraction of sp³-hybridized carbons (Fsp3) is 0.263. The van der Waals surface area contributed by atoms with E-state index >= 15 is 0 Å². The summed E-state index contributed by atoms with van der Waals surface area (Å²) < 4.78 is 28.2. The number of likely N-dealkylation sites (tertiary alicyclic amines) is 1. The highest BCUT2D eigenvalue weighted by atomic mass is 35.5. The molecular weight excluding hydrogens is 409 g/mol. The van der Waals surface area contributed by atoms with Gasteiger partial charge in [0.2, 0.25) is 0 Å². The molecule has 9 heteroatoms. The second kappa shape index (κ2) is 7.56. The lowest BCUT2D eigenvalue weighted by atomic mass is 9.93. The maximum absolute atomic E-state index is 14.2. The van der Waals surface area contributed by atoms with Crippen molar-refractivity contribution in [1.82, 2.24) is 4.90 Å². The van der Waals surface area contributed by atoms with Gasteiger partial charge in [0, 0.05) is 36.5 Å². The molecular formula is C19H18Cl2F2N4O. The van der Waals surface area contributed by atoms with Crippen molar-refractivity contribution in [2.24, 2.45) is 10.7 Å². The van der Waals surface area contributed by atoms with E-state index < -0.39 is 17.3 Å². The fourth-order valence-electron chi connectivity index (χ4n) is 3.56. The third-order valence-corrected chi connectivity index (χ3v) is 5.27. The number of benzene rings is 2. The lowest BCUT2D eigenvalue weighted by Gasteiger charge is -2.42. The molecule has 1 saturated heterocycles. The van der Waals surface area contributed by atoms with Crippen LogP contribution >= 0.6 is 24.0 Å². The van der Waals surface area contributed by atoms with Crippen molar-refractivity contribution in [3.63, 3.8) is 0 Å². The van der Waals surface area contributed by atoms with Gasteiger partial charge in [0.15, 0.2) is 0 Å². The lowest BCUT2D eigenvalue weighted by Crippen LogP contribution is -2.52. The van der Waals surface area contributed by atoms with Crippen molar-refractivity contribution in [1.29, 1.82) is 0 Å². The first kappa shape index (κ1) is 20.4. The highest BCUT2D eigenvalue weighted by Crippen LogP contribution is 2.36. The molecule has 1 spiro atoms. The maximum atomic E-state index is 14.2. The zero-order valence-corrected chi connectivity index (χ0v) is 16.3. The average molecular weight is 427 g/mol. The predicted octanol–water partition coefficient (Wildman–Crippen LogP) is 3.80. The smallest absolute Gasteiger partial charge is 0.253 e. The van der Waals surface area contributed by atoms with Crippen molar-refractivity contribution < 1.29 is 13.6 Å². The van der Waals surface area contributed by atoms with Gasteiger partial charge < -0.3 is 16.0 Å². The summed E-state index contributed by atoms with van der Waals surface area (Å²) in [5, 5.41) is 3.58. The highest BCUT2D eigenvalue weighted by molar-refractivity contribution is 6.30. The van der Waals surface area contributed by atoms with E-state index in [0.717, 1.165) is 12.1 Å².